The van der Waals surface area contributed by atoms with Crippen molar-refractivity contribution in [2.45, 2.75) is 32.9 Å². The summed E-state index contributed by atoms with van der Waals surface area (Å²) < 4.78 is 0. The zero-order chi connectivity index (χ0) is 22.1. The van der Waals surface area contributed by atoms with Gasteiger partial charge in [0.1, 0.15) is 6.04 Å². The molecule has 2 aromatic rings. The number of Topliss-reactive ketones (excluding diaryl/α,β-unsaturated/α-hetero) is 1. The summed E-state index contributed by atoms with van der Waals surface area (Å²) in [7, 11) is 0. The number of nitrogens with zero attached hydrogens (tertiary/aromatic N) is 2. The molecule has 0 aliphatic carbocycles. The number of rotatable bonds is 2. The summed E-state index contributed by atoms with van der Waals surface area (Å²) in [4.78, 5) is 44.1. The Kier molecular flexibility index (Phi) is 4.38. The summed E-state index contributed by atoms with van der Waals surface area (Å²) in [6.45, 7) is 5.58. The molecule has 31 heavy (non-hydrogen) atoms. The van der Waals surface area contributed by atoms with E-state index < -0.39 is 23.3 Å². The number of benzene rings is 2. The average Bonchev–Trinajstić information content (AvgIpc) is 3.20. The number of carbonyl (C=O) groups is 3. The maximum Gasteiger partial charge on any atom is 0.240 e. The molecule has 158 valence electrons. The number of amides is 2. The molecule has 0 unspecified atom stereocenters. The van der Waals surface area contributed by atoms with Crippen LogP contribution >= 0.6 is 11.6 Å². The molecule has 0 spiro atoms. The van der Waals surface area contributed by atoms with E-state index in [9.17, 15) is 14.4 Å². The van der Waals surface area contributed by atoms with Crippen molar-refractivity contribution in [3.63, 3.8) is 0 Å². The molecule has 0 radical (unpaired) electrons. The van der Waals surface area contributed by atoms with E-state index in [1.165, 1.54) is 4.90 Å². The topological polar surface area (TPSA) is 57.7 Å². The van der Waals surface area contributed by atoms with E-state index >= 15 is 0 Å². The molecule has 3 heterocycles. The zero-order valence-corrected chi connectivity index (χ0v) is 18.3. The Morgan fingerprint density at radius 2 is 1.58 bits per heavy atom. The fourth-order valence-electron chi connectivity index (χ4n) is 5.15. The molecule has 0 bridgehead atoms. The summed E-state index contributed by atoms with van der Waals surface area (Å²) in [5, 5.41) is 0.529. The Labute approximate surface area is 186 Å². The Hall–Kier alpha value is -2.92. The van der Waals surface area contributed by atoms with Crippen LogP contribution < -0.4 is 4.90 Å². The number of imide groups is 1. The highest BCUT2D eigenvalue weighted by Crippen LogP contribution is 2.54. The summed E-state index contributed by atoms with van der Waals surface area (Å²) in [6, 6.07) is 13.5. The van der Waals surface area contributed by atoms with Crippen LogP contribution in [0.4, 0.5) is 5.69 Å². The number of halogens is 1. The molecule has 2 aromatic carbocycles. The first-order valence-electron chi connectivity index (χ1n) is 10.4. The fourth-order valence-corrected chi connectivity index (χ4v) is 5.27. The van der Waals surface area contributed by atoms with E-state index in [2.05, 4.69) is 0 Å². The lowest BCUT2D eigenvalue weighted by Crippen LogP contribution is -2.47. The van der Waals surface area contributed by atoms with E-state index in [0.717, 1.165) is 11.1 Å². The second-order valence-electron chi connectivity index (χ2n) is 9.44. The SMILES string of the molecule is CC(C)(C)C(=O)[C@H]1[C@H]2C(=O)N(c3ccc(Cl)cc3)C(=O)[C@H]2[C@@H]2c3ccccc3C=CN12. The predicted octanol–water partition coefficient (Wildman–Crippen LogP) is 4.47. The Morgan fingerprint density at radius 3 is 2.26 bits per heavy atom. The highest BCUT2D eigenvalue weighted by Gasteiger charge is 2.65. The Morgan fingerprint density at radius 1 is 0.935 bits per heavy atom. The molecule has 0 saturated carbocycles. The normalized spacial score (nSPS) is 26.7. The lowest BCUT2D eigenvalue weighted by atomic mass is 9.79. The number of ketones is 1. The number of anilines is 1. The smallest absolute Gasteiger partial charge is 0.240 e. The first-order chi connectivity index (χ1) is 14.7. The van der Waals surface area contributed by atoms with Crippen LogP contribution in [0.25, 0.3) is 6.08 Å². The van der Waals surface area contributed by atoms with Crippen molar-refractivity contribution in [3.05, 3.63) is 70.9 Å². The molecule has 6 heteroatoms. The summed E-state index contributed by atoms with van der Waals surface area (Å²) in [5.41, 5.74) is 1.83. The molecule has 0 N–H and O–H groups in total. The van der Waals surface area contributed by atoms with Crippen molar-refractivity contribution >= 4 is 41.0 Å². The fraction of sp³-hybridized carbons (Fsp3) is 0.320. The maximum absolute atomic E-state index is 13.7. The average molecular weight is 435 g/mol. The predicted molar refractivity (Wildman–Crippen MR) is 119 cm³/mol. The van der Waals surface area contributed by atoms with Gasteiger partial charge in [-0.05, 0) is 41.5 Å². The van der Waals surface area contributed by atoms with Gasteiger partial charge in [-0.15, -0.1) is 0 Å². The van der Waals surface area contributed by atoms with E-state index in [0.29, 0.717) is 10.7 Å². The van der Waals surface area contributed by atoms with Gasteiger partial charge in [0.25, 0.3) is 0 Å². The third-order valence-corrected chi connectivity index (χ3v) is 6.81. The highest BCUT2D eigenvalue weighted by molar-refractivity contribution is 6.31. The molecule has 4 atom stereocenters. The van der Waals surface area contributed by atoms with Crippen LogP contribution in [0.1, 0.15) is 37.9 Å². The zero-order valence-electron chi connectivity index (χ0n) is 17.6. The summed E-state index contributed by atoms with van der Waals surface area (Å²) in [5.74, 6) is -1.96. The Balaban J connectivity index is 1.66. The standard InChI is InChI=1S/C25H23ClN2O3/c1-25(2,3)22(29)21-19-18(20-17-7-5-4-6-14(17)12-13-27(20)21)23(30)28(24(19)31)16-10-8-15(26)9-11-16/h4-13,18-21H,1-3H3/t18-,19+,20+,21-/m1/s1. The first-order valence-corrected chi connectivity index (χ1v) is 10.8. The minimum atomic E-state index is -0.726. The van der Waals surface area contributed by atoms with Crippen molar-refractivity contribution in [1.29, 1.82) is 0 Å². The van der Waals surface area contributed by atoms with Gasteiger partial charge in [0.05, 0.1) is 23.6 Å². The van der Waals surface area contributed by atoms with Crippen molar-refractivity contribution in [2.24, 2.45) is 17.3 Å². The van der Waals surface area contributed by atoms with E-state index in [1.54, 1.807) is 24.3 Å². The van der Waals surface area contributed by atoms with Gasteiger partial charge in [-0.25, -0.2) is 4.90 Å². The van der Waals surface area contributed by atoms with Crippen molar-refractivity contribution in [1.82, 2.24) is 4.90 Å². The second-order valence-corrected chi connectivity index (χ2v) is 9.87. The van der Waals surface area contributed by atoms with Crippen LogP contribution in [0.15, 0.2) is 54.7 Å². The molecule has 3 aliphatic heterocycles. The number of fused-ring (bicyclic) bond motifs is 5. The van der Waals surface area contributed by atoms with Crippen LogP contribution in [0, 0.1) is 17.3 Å². The van der Waals surface area contributed by atoms with Gasteiger partial charge in [-0.3, -0.25) is 14.4 Å². The molecular weight excluding hydrogens is 412 g/mol. The van der Waals surface area contributed by atoms with Crippen LogP contribution in [-0.4, -0.2) is 28.5 Å². The summed E-state index contributed by atoms with van der Waals surface area (Å²) >= 11 is 6.00. The van der Waals surface area contributed by atoms with Crippen LogP contribution in [0.2, 0.25) is 5.02 Å². The van der Waals surface area contributed by atoms with Crippen LogP contribution in [0.5, 0.6) is 0 Å². The minimum Gasteiger partial charge on any atom is -0.359 e. The monoisotopic (exact) mass is 434 g/mol. The lowest BCUT2D eigenvalue weighted by molar-refractivity contribution is -0.135. The largest absolute Gasteiger partial charge is 0.359 e. The maximum atomic E-state index is 13.7. The third kappa shape index (κ3) is 2.87. The quantitative estimate of drug-likeness (QED) is 0.654. The Bertz CT molecular complexity index is 1130. The van der Waals surface area contributed by atoms with E-state index in [4.69, 9.17) is 11.6 Å². The minimum absolute atomic E-state index is 0.0341. The number of hydrogen-bond donors (Lipinski definition) is 0. The molecule has 0 aromatic heterocycles. The van der Waals surface area contributed by atoms with Crippen LogP contribution in [-0.2, 0) is 14.4 Å². The number of carbonyl (C=O) groups excluding carboxylic acids is 3. The van der Waals surface area contributed by atoms with Gasteiger partial charge in [-0.1, -0.05) is 56.6 Å². The number of hydrogen-bond acceptors (Lipinski definition) is 4. The van der Waals surface area contributed by atoms with Crippen LogP contribution in [0.3, 0.4) is 0 Å². The van der Waals surface area contributed by atoms with E-state index in [-0.39, 0.29) is 23.6 Å². The molecule has 2 saturated heterocycles. The van der Waals surface area contributed by atoms with Gasteiger partial charge < -0.3 is 4.90 Å². The third-order valence-electron chi connectivity index (χ3n) is 6.55. The van der Waals surface area contributed by atoms with Crippen molar-refractivity contribution in [3.8, 4) is 0 Å². The molecular formula is C25H23ClN2O3. The lowest BCUT2D eigenvalue weighted by Gasteiger charge is -2.37. The molecule has 2 fully saturated rings. The molecule has 5 rings (SSSR count). The van der Waals surface area contributed by atoms with Gasteiger partial charge in [-0.2, -0.15) is 0 Å². The van der Waals surface area contributed by atoms with Crippen molar-refractivity contribution in [2.75, 3.05) is 4.90 Å². The molecule has 2 amide bonds. The first kappa shape index (κ1) is 20.0. The highest BCUT2D eigenvalue weighted by atomic mass is 35.5. The molecule has 3 aliphatic rings. The van der Waals surface area contributed by atoms with Gasteiger partial charge in [0, 0.05) is 16.6 Å². The second kappa shape index (κ2) is 6.79. The summed E-state index contributed by atoms with van der Waals surface area (Å²) in [6.07, 6.45) is 3.84. The molecule has 5 nitrogen and oxygen atoms in total. The van der Waals surface area contributed by atoms with Crippen molar-refractivity contribution < 1.29 is 14.4 Å². The van der Waals surface area contributed by atoms with Gasteiger partial charge in [0.15, 0.2) is 5.78 Å². The van der Waals surface area contributed by atoms with Gasteiger partial charge in [0.2, 0.25) is 11.8 Å². The van der Waals surface area contributed by atoms with E-state index in [1.807, 2.05) is 62.2 Å². The van der Waals surface area contributed by atoms with Gasteiger partial charge >= 0.3 is 0 Å².